The van der Waals surface area contributed by atoms with Crippen LogP contribution in [0, 0.1) is 5.82 Å². The molecule has 0 N–H and O–H groups in total. The number of amides is 1. The van der Waals surface area contributed by atoms with Gasteiger partial charge in [-0.25, -0.2) is 4.39 Å². The standard InChI is InChI=1S/C23H24ClFN2O/c1-3-17(2)27(23(28)18-9-6-10-20(25)14-18)16-21-11-7-13-26(21)15-19-8-4-5-12-22(19)24/h4-14,17H,3,15-16H2,1-2H3. The summed E-state index contributed by atoms with van der Waals surface area (Å²) in [5.41, 5.74) is 2.39. The summed E-state index contributed by atoms with van der Waals surface area (Å²) < 4.78 is 15.7. The zero-order chi connectivity index (χ0) is 20.1. The summed E-state index contributed by atoms with van der Waals surface area (Å²) in [5.74, 6) is -0.573. The van der Waals surface area contributed by atoms with E-state index < -0.39 is 5.82 Å². The molecule has 3 rings (SSSR count). The van der Waals surface area contributed by atoms with Crippen molar-refractivity contribution in [3.8, 4) is 0 Å². The van der Waals surface area contributed by atoms with E-state index >= 15 is 0 Å². The molecule has 1 heterocycles. The minimum absolute atomic E-state index is 0.0273. The van der Waals surface area contributed by atoms with Crippen LogP contribution in [0.3, 0.4) is 0 Å². The molecule has 0 spiro atoms. The van der Waals surface area contributed by atoms with Crippen molar-refractivity contribution in [1.29, 1.82) is 0 Å². The summed E-state index contributed by atoms with van der Waals surface area (Å²) in [6.45, 7) is 5.13. The quantitative estimate of drug-likeness (QED) is 0.496. The first-order valence-electron chi connectivity index (χ1n) is 9.43. The van der Waals surface area contributed by atoms with Gasteiger partial charge in [-0.15, -0.1) is 0 Å². The highest BCUT2D eigenvalue weighted by Gasteiger charge is 2.22. The van der Waals surface area contributed by atoms with E-state index in [1.165, 1.54) is 12.1 Å². The second kappa shape index (κ2) is 9.07. The molecule has 0 bridgehead atoms. The van der Waals surface area contributed by atoms with E-state index in [9.17, 15) is 9.18 Å². The lowest BCUT2D eigenvalue weighted by Gasteiger charge is -2.29. The number of rotatable bonds is 7. The molecule has 2 aromatic carbocycles. The van der Waals surface area contributed by atoms with Gasteiger partial charge in [0.05, 0.1) is 6.54 Å². The fourth-order valence-electron chi connectivity index (χ4n) is 3.17. The zero-order valence-corrected chi connectivity index (χ0v) is 16.9. The molecule has 5 heteroatoms. The molecule has 1 atom stereocenters. The molecule has 1 aromatic heterocycles. The maximum atomic E-state index is 13.6. The third-order valence-electron chi connectivity index (χ3n) is 5.01. The van der Waals surface area contributed by atoms with Crippen molar-refractivity contribution in [1.82, 2.24) is 9.47 Å². The van der Waals surface area contributed by atoms with Crippen LogP contribution < -0.4 is 0 Å². The van der Waals surface area contributed by atoms with E-state index in [-0.39, 0.29) is 11.9 Å². The molecule has 0 saturated carbocycles. The fraction of sp³-hybridized carbons (Fsp3) is 0.261. The van der Waals surface area contributed by atoms with Gasteiger partial charge < -0.3 is 9.47 Å². The lowest BCUT2D eigenvalue weighted by Crippen LogP contribution is -2.38. The highest BCUT2D eigenvalue weighted by Crippen LogP contribution is 2.20. The molecule has 0 fully saturated rings. The van der Waals surface area contributed by atoms with Crippen LogP contribution >= 0.6 is 11.6 Å². The van der Waals surface area contributed by atoms with Crippen LogP contribution in [0.4, 0.5) is 4.39 Å². The summed E-state index contributed by atoms with van der Waals surface area (Å²) in [6.07, 6.45) is 2.80. The van der Waals surface area contributed by atoms with Gasteiger partial charge in [0.25, 0.3) is 5.91 Å². The zero-order valence-electron chi connectivity index (χ0n) is 16.1. The number of halogens is 2. The predicted molar refractivity (Wildman–Crippen MR) is 111 cm³/mol. The summed E-state index contributed by atoms with van der Waals surface area (Å²) in [4.78, 5) is 14.9. The van der Waals surface area contributed by atoms with Crippen LogP contribution in [0.2, 0.25) is 5.02 Å². The molecule has 0 aliphatic rings. The highest BCUT2D eigenvalue weighted by atomic mass is 35.5. The van der Waals surface area contributed by atoms with Gasteiger partial charge in [-0.1, -0.05) is 42.8 Å². The van der Waals surface area contributed by atoms with Gasteiger partial charge in [-0.3, -0.25) is 4.79 Å². The van der Waals surface area contributed by atoms with Crippen molar-refractivity contribution in [3.05, 3.63) is 94.5 Å². The molecule has 0 saturated heterocycles. The third-order valence-corrected chi connectivity index (χ3v) is 5.38. The number of nitrogens with zero attached hydrogens (tertiary/aromatic N) is 2. The highest BCUT2D eigenvalue weighted by molar-refractivity contribution is 6.31. The van der Waals surface area contributed by atoms with Gasteiger partial charge in [0.2, 0.25) is 0 Å². The SMILES string of the molecule is CCC(C)N(Cc1cccn1Cc1ccccc1Cl)C(=O)c1cccc(F)c1. The average molecular weight is 399 g/mol. The minimum atomic E-state index is -0.406. The molecule has 1 amide bonds. The topological polar surface area (TPSA) is 25.2 Å². The van der Waals surface area contributed by atoms with Crippen molar-refractivity contribution in [2.45, 2.75) is 39.4 Å². The summed E-state index contributed by atoms with van der Waals surface area (Å²) >= 11 is 6.30. The van der Waals surface area contributed by atoms with E-state index in [0.717, 1.165) is 22.7 Å². The number of hydrogen-bond acceptors (Lipinski definition) is 1. The first-order chi connectivity index (χ1) is 13.5. The molecule has 3 nitrogen and oxygen atoms in total. The molecule has 0 radical (unpaired) electrons. The van der Waals surface area contributed by atoms with Crippen LogP contribution in [0.15, 0.2) is 66.9 Å². The van der Waals surface area contributed by atoms with Crippen LogP contribution in [0.25, 0.3) is 0 Å². The normalized spacial score (nSPS) is 12.0. The van der Waals surface area contributed by atoms with Crippen molar-refractivity contribution < 1.29 is 9.18 Å². The number of hydrogen-bond donors (Lipinski definition) is 0. The van der Waals surface area contributed by atoms with Crippen LogP contribution in [-0.4, -0.2) is 21.4 Å². The fourth-order valence-corrected chi connectivity index (χ4v) is 3.36. The molecular formula is C23H24ClFN2O. The minimum Gasteiger partial charge on any atom is -0.345 e. The maximum Gasteiger partial charge on any atom is 0.254 e. The Hall–Kier alpha value is -2.59. The third kappa shape index (κ3) is 4.63. The monoisotopic (exact) mass is 398 g/mol. The molecular weight excluding hydrogens is 375 g/mol. The maximum absolute atomic E-state index is 13.6. The van der Waals surface area contributed by atoms with Crippen molar-refractivity contribution in [3.63, 3.8) is 0 Å². The largest absolute Gasteiger partial charge is 0.345 e. The summed E-state index contributed by atoms with van der Waals surface area (Å²) in [5, 5.41) is 0.719. The van der Waals surface area contributed by atoms with Crippen molar-refractivity contribution >= 4 is 17.5 Å². The van der Waals surface area contributed by atoms with Gasteiger partial charge in [0, 0.05) is 35.1 Å². The predicted octanol–water partition coefficient (Wildman–Crippen LogP) is 5.77. The summed E-state index contributed by atoms with van der Waals surface area (Å²) in [7, 11) is 0. The van der Waals surface area contributed by atoms with Crippen molar-refractivity contribution in [2.24, 2.45) is 0 Å². The van der Waals surface area contributed by atoms with Crippen molar-refractivity contribution in [2.75, 3.05) is 0 Å². The second-order valence-electron chi connectivity index (χ2n) is 6.92. The average Bonchev–Trinajstić information content (AvgIpc) is 3.13. The van der Waals surface area contributed by atoms with Gasteiger partial charge in [0.1, 0.15) is 5.82 Å². The Morgan fingerprint density at radius 3 is 2.64 bits per heavy atom. The van der Waals surface area contributed by atoms with E-state index in [1.54, 1.807) is 17.0 Å². The lowest BCUT2D eigenvalue weighted by molar-refractivity contribution is 0.0666. The molecule has 28 heavy (non-hydrogen) atoms. The first-order valence-corrected chi connectivity index (χ1v) is 9.81. The Balaban J connectivity index is 1.85. The van der Waals surface area contributed by atoms with Crippen LogP contribution in [-0.2, 0) is 13.1 Å². The second-order valence-corrected chi connectivity index (χ2v) is 7.33. The Morgan fingerprint density at radius 2 is 1.93 bits per heavy atom. The Labute approximate surface area is 170 Å². The van der Waals surface area contributed by atoms with Crippen LogP contribution in [0.1, 0.15) is 41.9 Å². The smallest absolute Gasteiger partial charge is 0.254 e. The molecule has 3 aromatic rings. The van der Waals surface area contributed by atoms with E-state index in [0.29, 0.717) is 18.7 Å². The Kier molecular flexibility index (Phi) is 6.53. The van der Waals surface area contributed by atoms with Gasteiger partial charge in [-0.05, 0) is 55.3 Å². The lowest BCUT2D eigenvalue weighted by atomic mass is 10.1. The Morgan fingerprint density at radius 1 is 1.14 bits per heavy atom. The van der Waals surface area contributed by atoms with Crippen LogP contribution in [0.5, 0.6) is 0 Å². The molecule has 0 aliphatic heterocycles. The molecule has 1 unspecified atom stereocenters. The van der Waals surface area contributed by atoms with E-state index in [1.807, 2.05) is 56.4 Å². The van der Waals surface area contributed by atoms with Gasteiger partial charge >= 0.3 is 0 Å². The molecule has 146 valence electrons. The van der Waals surface area contributed by atoms with Gasteiger partial charge in [-0.2, -0.15) is 0 Å². The van der Waals surface area contributed by atoms with E-state index in [4.69, 9.17) is 11.6 Å². The number of aromatic nitrogens is 1. The number of benzene rings is 2. The summed E-state index contributed by atoms with van der Waals surface area (Å²) in [6, 6.07) is 17.6. The Bertz CT molecular complexity index is 953. The number of carbonyl (C=O) groups excluding carboxylic acids is 1. The molecule has 0 aliphatic carbocycles. The number of carbonyl (C=O) groups is 1. The van der Waals surface area contributed by atoms with Gasteiger partial charge in [0.15, 0.2) is 0 Å². The first kappa shape index (κ1) is 20.2. The van der Waals surface area contributed by atoms with E-state index in [2.05, 4.69) is 4.57 Å².